The monoisotopic (exact) mass is 360 g/mol. The number of benzene rings is 2. The van der Waals surface area contributed by atoms with E-state index in [2.05, 4.69) is 45.9 Å². The van der Waals surface area contributed by atoms with Crippen LogP contribution in [0.5, 0.6) is 0 Å². The molecule has 0 fully saturated rings. The Balaban J connectivity index is 2.00. The van der Waals surface area contributed by atoms with Gasteiger partial charge in [0.25, 0.3) is 0 Å². The molecule has 2 aromatic carbocycles. The molecule has 0 saturated carbocycles. The molecule has 2 aromatic heterocycles. The molecule has 0 aliphatic rings. The fraction of sp³-hybridized carbons (Fsp3) is 0.182. The third-order valence-corrected chi connectivity index (χ3v) is 5.86. The lowest BCUT2D eigenvalue weighted by molar-refractivity contribution is 0.111. The first-order valence-corrected chi connectivity index (χ1v) is 9.43. The quantitative estimate of drug-likeness (QED) is 0.434. The number of aldehydes is 1. The average molecular weight is 360 g/mol. The standard InChI is InChI=1S/C22H20N2OS/c1-13-5-8-17(9-6-13)20-19(12-25)24-21(16(4)26-22(24)23-20)18-10-7-14(2)15(3)11-18/h5-12H,1-4H3. The first kappa shape index (κ1) is 16.7. The van der Waals surface area contributed by atoms with Crippen molar-refractivity contribution < 1.29 is 4.79 Å². The average Bonchev–Trinajstić information content (AvgIpc) is 3.12. The van der Waals surface area contributed by atoms with E-state index in [4.69, 9.17) is 4.98 Å². The molecule has 4 heteroatoms. The molecule has 0 atom stereocenters. The zero-order valence-electron chi connectivity index (χ0n) is 15.3. The van der Waals surface area contributed by atoms with Crippen LogP contribution in [-0.2, 0) is 0 Å². The summed E-state index contributed by atoms with van der Waals surface area (Å²) in [4.78, 5) is 18.8. The number of hydrogen-bond donors (Lipinski definition) is 0. The first-order valence-electron chi connectivity index (χ1n) is 8.61. The normalized spacial score (nSPS) is 11.2. The number of fused-ring (bicyclic) bond motifs is 1. The SMILES string of the molecule is Cc1ccc(-c2nc3sc(C)c(-c4ccc(C)c(C)c4)n3c2C=O)cc1. The second kappa shape index (κ2) is 6.22. The summed E-state index contributed by atoms with van der Waals surface area (Å²) in [6.07, 6.45) is 0.923. The van der Waals surface area contributed by atoms with E-state index in [9.17, 15) is 4.79 Å². The van der Waals surface area contributed by atoms with Crippen LogP contribution in [-0.4, -0.2) is 15.7 Å². The maximum absolute atomic E-state index is 12.0. The third kappa shape index (κ3) is 2.58. The highest BCUT2D eigenvalue weighted by Gasteiger charge is 2.21. The van der Waals surface area contributed by atoms with Gasteiger partial charge in [0.1, 0.15) is 11.4 Å². The Kier molecular flexibility index (Phi) is 4.00. The van der Waals surface area contributed by atoms with Crippen LogP contribution in [0.2, 0.25) is 0 Å². The number of carbonyl (C=O) groups is 1. The molecule has 0 N–H and O–H groups in total. The summed E-state index contributed by atoms with van der Waals surface area (Å²) >= 11 is 1.62. The van der Waals surface area contributed by atoms with Crippen molar-refractivity contribution in [1.29, 1.82) is 0 Å². The van der Waals surface area contributed by atoms with Gasteiger partial charge in [0.05, 0.1) is 5.69 Å². The maximum atomic E-state index is 12.0. The van der Waals surface area contributed by atoms with Gasteiger partial charge in [-0.15, -0.1) is 11.3 Å². The Bertz CT molecular complexity index is 1130. The van der Waals surface area contributed by atoms with Gasteiger partial charge < -0.3 is 0 Å². The summed E-state index contributed by atoms with van der Waals surface area (Å²) in [6, 6.07) is 14.6. The van der Waals surface area contributed by atoms with Crippen LogP contribution in [0.3, 0.4) is 0 Å². The Hall–Kier alpha value is -2.72. The molecular weight excluding hydrogens is 340 g/mol. The number of hydrogen-bond acceptors (Lipinski definition) is 3. The molecule has 130 valence electrons. The lowest BCUT2D eigenvalue weighted by Crippen LogP contribution is -1.96. The highest BCUT2D eigenvalue weighted by atomic mass is 32.1. The van der Waals surface area contributed by atoms with Gasteiger partial charge in [0, 0.05) is 10.4 Å². The number of aromatic nitrogens is 2. The third-order valence-electron chi connectivity index (χ3n) is 4.90. The fourth-order valence-corrected chi connectivity index (χ4v) is 4.29. The van der Waals surface area contributed by atoms with E-state index in [-0.39, 0.29) is 0 Å². The van der Waals surface area contributed by atoms with Crippen molar-refractivity contribution in [2.45, 2.75) is 27.7 Å². The van der Waals surface area contributed by atoms with E-state index in [1.54, 1.807) is 11.3 Å². The van der Waals surface area contributed by atoms with Gasteiger partial charge in [0.15, 0.2) is 11.2 Å². The zero-order valence-corrected chi connectivity index (χ0v) is 16.1. The fourth-order valence-electron chi connectivity index (χ4n) is 3.29. The highest BCUT2D eigenvalue weighted by molar-refractivity contribution is 7.17. The van der Waals surface area contributed by atoms with E-state index < -0.39 is 0 Å². The molecule has 0 radical (unpaired) electrons. The number of nitrogens with zero attached hydrogens (tertiary/aromatic N) is 2. The Morgan fingerprint density at radius 3 is 2.27 bits per heavy atom. The molecule has 0 aliphatic heterocycles. The zero-order chi connectivity index (χ0) is 18.4. The predicted molar refractivity (Wildman–Crippen MR) is 108 cm³/mol. The smallest absolute Gasteiger partial charge is 0.195 e. The minimum Gasteiger partial charge on any atom is -0.296 e. The highest BCUT2D eigenvalue weighted by Crippen LogP contribution is 2.36. The van der Waals surface area contributed by atoms with Crippen molar-refractivity contribution in [1.82, 2.24) is 9.38 Å². The van der Waals surface area contributed by atoms with Crippen LogP contribution in [0.15, 0.2) is 42.5 Å². The lowest BCUT2D eigenvalue weighted by atomic mass is 10.0. The van der Waals surface area contributed by atoms with E-state index in [0.29, 0.717) is 5.69 Å². The summed E-state index contributed by atoms with van der Waals surface area (Å²) in [7, 11) is 0. The molecule has 0 aliphatic carbocycles. The van der Waals surface area contributed by atoms with Crippen LogP contribution in [0, 0.1) is 27.7 Å². The summed E-state index contributed by atoms with van der Waals surface area (Å²) < 4.78 is 2.01. The second-order valence-corrected chi connectivity index (χ2v) is 7.94. The van der Waals surface area contributed by atoms with Crippen molar-refractivity contribution in [2.75, 3.05) is 0 Å². The molecule has 0 unspecified atom stereocenters. The van der Waals surface area contributed by atoms with E-state index in [0.717, 1.165) is 38.6 Å². The van der Waals surface area contributed by atoms with Crippen LogP contribution >= 0.6 is 11.3 Å². The van der Waals surface area contributed by atoms with Gasteiger partial charge in [-0.05, 0) is 50.5 Å². The van der Waals surface area contributed by atoms with Gasteiger partial charge in [0.2, 0.25) is 0 Å². The second-order valence-electron chi connectivity index (χ2n) is 6.75. The largest absolute Gasteiger partial charge is 0.296 e. The minimum absolute atomic E-state index is 0.612. The van der Waals surface area contributed by atoms with Crippen LogP contribution in [0.25, 0.3) is 27.5 Å². The van der Waals surface area contributed by atoms with Crippen LogP contribution in [0.4, 0.5) is 0 Å². The van der Waals surface area contributed by atoms with Gasteiger partial charge in [-0.3, -0.25) is 9.20 Å². The number of imidazole rings is 1. The van der Waals surface area contributed by atoms with E-state index in [1.807, 2.05) is 28.7 Å². The molecule has 2 heterocycles. The molecule has 0 saturated heterocycles. The van der Waals surface area contributed by atoms with Gasteiger partial charge >= 0.3 is 0 Å². The van der Waals surface area contributed by atoms with Crippen molar-refractivity contribution >= 4 is 22.6 Å². The van der Waals surface area contributed by atoms with Gasteiger partial charge in [-0.1, -0.05) is 42.0 Å². The van der Waals surface area contributed by atoms with Crippen molar-refractivity contribution in [3.05, 3.63) is 69.7 Å². The van der Waals surface area contributed by atoms with Crippen molar-refractivity contribution in [2.24, 2.45) is 0 Å². The molecule has 0 amide bonds. The van der Waals surface area contributed by atoms with Gasteiger partial charge in [-0.2, -0.15) is 0 Å². The molecule has 0 spiro atoms. The summed E-state index contributed by atoms with van der Waals surface area (Å²) in [5, 5.41) is 0. The first-order chi connectivity index (χ1) is 12.5. The lowest BCUT2D eigenvalue weighted by Gasteiger charge is -2.07. The maximum Gasteiger partial charge on any atom is 0.195 e. The predicted octanol–water partition coefficient (Wildman–Crippen LogP) is 5.78. The molecule has 0 bridgehead atoms. The van der Waals surface area contributed by atoms with Crippen molar-refractivity contribution in [3.8, 4) is 22.5 Å². The molecule has 26 heavy (non-hydrogen) atoms. The molecule has 3 nitrogen and oxygen atoms in total. The van der Waals surface area contributed by atoms with Crippen LogP contribution < -0.4 is 0 Å². The Morgan fingerprint density at radius 1 is 0.923 bits per heavy atom. The summed E-state index contributed by atoms with van der Waals surface area (Å²) in [6.45, 7) is 8.37. The summed E-state index contributed by atoms with van der Waals surface area (Å²) in [5.74, 6) is 0. The Morgan fingerprint density at radius 2 is 1.62 bits per heavy atom. The van der Waals surface area contributed by atoms with E-state index >= 15 is 0 Å². The van der Waals surface area contributed by atoms with E-state index in [1.165, 1.54) is 16.7 Å². The summed E-state index contributed by atoms with van der Waals surface area (Å²) in [5.41, 5.74) is 8.20. The number of rotatable bonds is 3. The molecule has 4 aromatic rings. The van der Waals surface area contributed by atoms with Gasteiger partial charge in [-0.25, -0.2) is 4.98 Å². The Labute approximate surface area is 157 Å². The number of carbonyl (C=O) groups excluding carboxylic acids is 1. The molecular formula is C22H20N2OS. The van der Waals surface area contributed by atoms with Crippen molar-refractivity contribution in [3.63, 3.8) is 0 Å². The molecule has 4 rings (SSSR count). The number of aryl methyl sites for hydroxylation is 4. The topological polar surface area (TPSA) is 34.4 Å². The minimum atomic E-state index is 0.612. The number of thiazole rings is 1. The van der Waals surface area contributed by atoms with Crippen LogP contribution in [0.1, 0.15) is 32.1 Å².